The van der Waals surface area contributed by atoms with Crippen LogP contribution in [-0.4, -0.2) is 31.6 Å². The SMILES string of the molecule is CN1CCC(C)(CNCc2sccc2Br)CC1. The highest BCUT2D eigenvalue weighted by atomic mass is 79.9. The first-order valence-corrected chi connectivity index (χ1v) is 7.87. The van der Waals surface area contributed by atoms with Gasteiger partial charge in [-0.3, -0.25) is 0 Å². The van der Waals surface area contributed by atoms with Gasteiger partial charge in [-0.1, -0.05) is 6.92 Å². The lowest BCUT2D eigenvalue weighted by atomic mass is 9.80. The first-order chi connectivity index (χ1) is 8.09. The Hall–Kier alpha value is 0.100. The number of likely N-dealkylation sites (tertiary alicyclic amines) is 1. The van der Waals surface area contributed by atoms with Gasteiger partial charge in [0, 0.05) is 22.4 Å². The van der Waals surface area contributed by atoms with Crippen molar-refractivity contribution in [3.05, 3.63) is 20.8 Å². The molecule has 4 heteroatoms. The summed E-state index contributed by atoms with van der Waals surface area (Å²) < 4.78 is 1.24. The molecule has 0 spiro atoms. The topological polar surface area (TPSA) is 15.3 Å². The Kier molecular flexibility index (Phi) is 4.64. The zero-order valence-corrected chi connectivity index (χ0v) is 13.0. The van der Waals surface area contributed by atoms with E-state index in [-0.39, 0.29) is 0 Å². The van der Waals surface area contributed by atoms with Gasteiger partial charge < -0.3 is 10.2 Å². The maximum atomic E-state index is 3.62. The Balaban J connectivity index is 1.76. The summed E-state index contributed by atoms with van der Waals surface area (Å²) >= 11 is 5.40. The maximum absolute atomic E-state index is 3.62. The summed E-state index contributed by atoms with van der Waals surface area (Å²) in [6.07, 6.45) is 2.62. The van der Waals surface area contributed by atoms with Crippen LogP contribution in [0.1, 0.15) is 24.6 Å². The fourth-order valence-corrected chi connectivity index (χ4v) is 3.73. The third-order valence-electron chi connectivity index (χ3n) is 3.72. The molecule has 0 bridgehead atoms. The van der Waals surface area contributed by atoms with Crippen LogP contribution in [0.4, 0.5) is 0 Å². The molecule has 2 heterocycles. The Morgan fingerprint density at radius 3 is 2.76 bits per heavy atom. The van der Waals surface area contributed by atoms with Gasteiger partial charge in [-0.05, 0) is 65.8 Å². The number of piperidine rings is 1. The van der Waals surface area contributed by atoms with E-state index in [0.717, 1.165) is 13.1 Å². The Morgan fingerprint density at radius 2 is 2.18 bits per heavy atom. The molecule has 1 aromatic heterocycles. The monoisotopic (exact) mass is 316 g/mol. The number of halogens is 1. The summed E-state index contributed by atoms with van der Waals surface area (Å²) in [4.78, 5) is 3.83. The van der Waals surface area contributed by atoms with E-state index in [4.69, 9.17) is 0 Å². The lowest BCUT2D eigenvalue weighted by molar-refractivity contribution is 0.137. The van der Waals surface area contributed by atoms with Crippen LogP contribution in [0.2, 0.25) is 0 Å². The number of hydrogen-bond donors (Lipinski definition) is 1. The quantitative estimate of drug-likeness (QED) is 0.916. The second-order valence-electron chi connectivity index (χ2n) is 5.41. The van der Waals surface area contributed by atoms with Crippen LogP contribution in [0.5, 0.6) is 0 Å². The number of nitrogens with zero attached hydrogens (tertiary/aromatic N) is 1. The van der Waals surface area contributed by atoms with Crippen LogP contribution in [0.15, 0.2) is 15.9 Å². The van der Waals surface area contributed by atoms with Crippen molar-refractivity contribution in [2.45, 2.75) is 26.3 Å². The standard InChI is InChI=1S/C13H21BrN2S/c1-13(4-6-16(2)7-5-13)10-15-9-12-11(14)3-8-17-12/h3,8,15H,4-7,9-10H2,1-2H3. The minimum absolute atomic E-state index is 0.482. The molecule has 96 valence electrons. The summed E-state index contributed by atoms with van der Waals surface area (Å²) in [5, 5.41) is 5.75. The van der Waals surface area contributed by atoms with Crippen molar-refractivity contribution < 1.29 is 0 Å². The number of rotatable bonds is 4. The van der Waals surface area contributed by atoms with Crippen LogP contribution >= 0.6 is 27.3 Å². The van der Waals surface area contributed by atoms with E-state index in [0.29, 0.717) is 5.41 Å². The molecule has 2 rings (SSSR count). The molecule has 1 saturated heterocycles. The molecule has 1 aliphatic rings. The van der Waals surface area contributed by atoms with Crippen molar-refractivity contribution >= 4 is 27.3 Å². The highest BCUT2D eigenvalue weighted by Crippen LogP contribution is 2.30. The summed E-state index contributed by atoms with van der Waals surface area (Å²) in [6.45, 7) is 7.01. The van der Waals surface area contributed by atoms with E-state index in [9.17, 15) is 0 Å². The minimum Gasteiger partial charge on any atom is -0.311 e. The van der Waals surface area contributed by atoms with Gasteiger partial charge in [-0.2, -0.15) is 0 Å². The zero-order valence-electron chi connectivity index (χ0n) is 10.6. The Bertz CT molecular complexity index is 356. The smallest absolute Gasteiger partial charge is 0.0327 e. The van der Waals surface area contributed by atoms with Gasteiger partial charge in [0.05, 0.1) is 0 Å². The van der Waals surface area contributed by atoms with Gasteiger partial charge in [-0.15, -0.1) is 11.3 Å². The average Bonchev–Trinajstić information content (AvgIpc) is 2.70. The van der Waals surface area contributed by atoms with Crippen LogP contribution < -0.4 is 5.32 Å². The Morgan fingerprint density at radius 1 is 1.47 bits per heavy atom. The second kappa shape index (κ2) is 5.83. The predicted molar refractivity (Wildman–Crippen MR) is 78.6 cm³/mol. The lowest BCUT2D eigenvalue weighted by Crippen LogP contribution is -2.41. The average molecular weight is 317 g/mol. The number of thiophene rings is 1. The third-order valence-corrected chi connectivity index (χ3v) is 5.65. The normalized spacial score (nSPS) is 20.6. The zero-order chi connectivity index (χ0) is 12.3. The molecule has 0 radical (unpaired) electrons. The largest absolute Gasteiger partial charge is 0.311 e. The molecule has 1 aliphatic heterocycles. The van der Waals surface area contributed by atoms with Gasteiger partial charge in [0.1, 0.15) is 0 Å². The van der Waals surface area contributed by atoms with Gasteiger partial charge in [0.25, 0.3) is 0 Å². The van der Waals surface area contributed by atoms with Crippen molar-refractivity contribution in [3.63, 3.8) is 0 Å². The molecule has 0 amide bonds. The maximum Gasteiger partial charge on any atom is 0.0327 e. The molecule has 1 N–H and O–H groups in total. The summed E-state index contributed by atoms with van der Waals surface area (Å²) in [6, 6.07) is 2.12. The van der Waals surface area contributed by atoms with Gasteiger partial charge >= 0.3 is 0 Å². The van der Waals surface area contributed by atoms with Crippen LogP contribution in [0.3, 0.4) is 0 Å². The van der Waals surface area contributed by atoms with Crippen molar-refractivity contribution in [3.8, 4) is 0 Å². The molecule has 17 heavy (non-hydrogen) atoms. The lowest BCUT2D eigenvalue weighted by Gasteiger charge is -2.38. The third kappa shape index (κ3) is 3.78. The molecular weight excluding hydrogens is 296 g/mol. The van der Waals surface area contributed by atoms with Crippen molar-refractivity contribution in [1.29, 1.82) is 0 Å². The number of hydrogen-bond acceptors (Lipinski definition) is 3. The fraction of sp³-hybridized carbons (Fsp3) is 0.692. The molecule has 2 nitrogen and oxygen atoms in total. The molecule has 0 aliphatic carbocycles. The van der Waals surface area contributed by atoms with Gasteiger partial charge in [-0.25, -0.2) is 0 Å². The first-order valence-electron chi connectivity index (χ1n) is 6.20. The Labute approximate surface area is 117 Å². The van der Waals surface area contributed by atoms with E-state index in [1.807, 2.05) is 11.3 Å². The van der Waals surface area contributed by atoms with E-state index >= 15 is 0 Å². The van der Waals surface area contributed by atoms with E-state index in [2.05, 4.69) is 51.6 Å². The van der Waals surface area contributed by atoms with Crippen LogP contribution in [0, 0.1) is 5.41 Å². The molecule has 0 atom stereocenters. The van der Waals surface area contributed by atoms with E-state index in [1.54, 1.807) is 0 Å². The first kappa shape index (κ1) is 13.5. The van der Waals surface area contributed by atoms with Gasteiger partial charge in [0.2, 0.25) is 0 Å². The summed E-state index contributed by atoms with van der Waals surface area (Å²) in [7, 11) is 2.22. The predicted octanol–water partition coefficient (Wildman–Crippen LogP) is 3.33. The molecule has 1 aromatic rings. The fourth-order valence-electron chi connectivity index (χ4n) is 2.26. The van der Waals surface area contributed by atoms with Crippen molar-refractivity contribution in [1.82, 2.24) is 10.2 Å². The molecule has 0 unspecified atom stereocenters. The highest BCUT2D eigenvalue weighted by Gasteiger charge is 2.28. The highest BCUT2D eigenvalue weighted by molar-refractivity contribution is 9.10. The van der Waals surface area contributed by atoms with Crippen LogP contribution in [-0.2, 0) is 6.54 Å². The molecule has 0 saturated carbocycles. The van der Waals surface area contributed by atoms with E-state index in [1.165, 1.54) is 35.3 Å². The van der Waals surface area contributed by atoms with E-state index < -0.39 is 0 Å². The molecule has 1 fully saturated rings. The minimum atomic E-state index is 0.482. The summed E-state index contributed by atoms with van der Waals surface area (Å²) in [5.41, 5.74) is 0.482. The van der Waals surface area contributed by atoms with Crippen LogP contribution in [0.25, 0.3) is 0 Å². The van der Waals surface area contributed by atoms with Crippen molar-refractivity contribution in [2.75, 3.05) is 26.7 Å². The molecular formula is C13H21BrN2S. The van der Waals surface area contributed by atoms with Gasteiger partial charge in [0.15, 0.2) is 0 Å². The summed E-state index contributed by atoms with van der Waals surface area (Å²) in [5.74, 6) is 0. The number of nitrogens with one attached hydrogen (secondary N) is 1. The van der Waals surface area contributed by atoms with Crippen molar-refractivity contribution in [2.24, 2.45) is 5.41 Å². The second-order valence-corrected chi connectivity index (χ2v) is 7.26. The molecule has 0 aromatic carbocycles.